The van der Waals surface area contributed by atoms with E-state index in [9.17, 15) is 5.11 Å². The number of aromatic nitrogens is 2. The van der Waals surface area contributed by atoms with Crippen LogP contribution >= 0.6 is 11.6 Å². The molecule has 0 saturated carbocycles. The summed E-state index contributed by atoms with van der Waals surface area (Å²) in [4.78, 5) is 12.0. The first kappa shape index (κ1) is 16.8. The highest BCUT2D eigenvalue weighted by atomic mass is 35.5. The van der Waals surface area contributed by atoms with Crippen molar-refractivity contribution in [3.05, 3.63) is 81.2 Å². The monoisotopic (exact) mass is 366 g/mol. The number of H-pyrrole nitrogens is 1. The zero-order chi connectivity index (χ0) is 17.9. The fraction of sp³-hybridized carbons (Fsp3) is 0.200. The number of aliphatic hydroxyl groups excluding tert-OH is 1. The molecule has 0 radical (unpaired) electrons. The van der Waals surface area contributed by atoms with Gasteiger partial charge in [-0.15, -0.1) is 0 Å². The Labute approximate surface area is 156 Å². The molecule has 1 aliphatic heterocycles. The molecule has 1 atom stereocenters. The topological polar surface area (TPSA) is 73.3 Å². The summed E-state index contributed by atoms with van der Waals surface area (Å²) in [6, 6.07) is 11.8. The summed E-state index contributed by atoms with van der Waals surface area (Å²) in [5.74, 6) is 0.830. The van der Waals surface area contributed by atoms with Gasteiger partial charge in [-0.05, 0) is 41.0 Å². The van der Waals surface area contributed by atoms with E-state index in [1.165, 1.54) is 0 Å². The molecule has 3 heterocycles. The Hall–Kier alpha value is -2.63. The second kappa shape index (κ2) is 7.32. The molecule has 0 saturated heterocycles. The van der Waals surface area contributed by atoms with E-state index in [1.54, 1.807) is 0 Å². The fourth-order valence-electron chi connectivity index (χ4n) is 3.00. The molecule has 1 aromatic carbocycles. The fourth-order valence-corrected chi connectivity index (χ4v) is 3.13. The number of pyridine rings is 1. The number of benzene rings is 1. The summed E-state index contributed by atoms with van der Waals surface area (Å²) in [6.07, 6.45) is 5.93. The summed E-state index contributed by atoms with van der Waals surface area (Å²) in [5.41, 5.74) is 4.22. The Morgan fingerprint density at radius 2 is 1.96 bits per heavy atom. The number of aromatic amines is 1. The van der Waals surface area contributed by atoms with Crippen molar-refractivity contribution in [1.82, 2.24) is 9.97 Å². The third kappa shape index (κ3) is 3.79. The van der Waals surface area contributed by atoms with Gasteiger partial charge >= 0.3 is 0 Å². The summed E-state index contributed by atoms with van der Waals surface area (Å²) in [5, 5.41) is 14.8. The van der Waals surface area contributed by atoms with E-state index in [0.29, 0.717) is 13.1 Å². The molecule has 0 aliphatic carbocycles. The standard InChI is InChI=1S/C20H19ClN4O/c21-16-4-1-13(2-5-16)9-22-19-6-3-14(10-23-19)7-15-11-24-20-18(15)8-17(26)12-25-20/h1-6,8,10-11,17,26H,7,9,12H2,(H,22,23)(H,24,25). The molecular formula is C20H19ClN4O. The minimum Gasteiger partial charge on any atom is -0.387 e. The van der Waals surface area contributed by atoms with Crippen LogP contribution < -0.4 is 16.0 Å². The van der Waals surface area contributed by atoms with Crippen molar-refractivity contribution in [2.45, 2.75) is 19.1 Å². The van der Waals surface area contributed by atoms with Gasteiger partial charge in [0.25, 0.3) is 0 Å². The van der Waals surface area contributed by atoms with Gasteiger partial charge < -0.3 is 15.4 Å². The van der Waals surface area contributed by atoms with Gasteiger partial charge in [-0.25, -0.2) is 4.98 Å². The van der Waals surface area contributed by atoms with Crippen molar-refractivity contribution >= 4 is 23.5 Å². The average molecular weight is 367 g/mol. The number of nitrogens with one attached hydrogen (secondary N) is 2. The summed E-state index contributed by atoms with van der Waals surface area (Å²) < 4.78 is 0. The molecule has 3 N–H and O–H groups in total. The molecular weight excluding hydrogens is 348 g/mol. The lowest BCUT2D eigenvalue weighted by Crippen LogP contribution is -2.33. The van der Waals surface area contributed by atoms with Crippen LogP contribution in [0.3, 0.4) is 0 Å². The van der Waals surface area contributed by atoms with Gasteiger partial charge in [-0.2, -0.15) is 0 Å². The predicted molar refractivity (Wildman–Crippen MR) is 103 cm³/mol. The van der Waals surface area contributed by atoms with Crippen molar-refractivity contribution in [1.29, 1.82) is 0 Å². The molecule has 5 nitrogen and oxygen atoms in total. The molecule has 4 rings (SSSR count). The van der Waals surface area contributed by atoms with E-state index in [-0.39, 0.29) is 0 Å². The number of halogens is 1. The molecule has 0 bridgehead atoms. The number of anilines is 1. The Morgan fingerprint density at radius 3 is 2.73 bits per heavy atom. The van der Waals surface area contributed by atoms with E-state index < -0.39 is 6.10 Å². The maximum absolute atomic E-state index is 9.78. The van der Waals surface area contributed by atoms with E-state index in [2.05, 4.69) is 26.3 Å². The summed E-state index contributed by atoms with van der Waals surface area (Å²) in [7, 11) is 0. The first-order chi connectivity index (χ1) is 12.7. The Kier molecular flexibility index (Phi) is 4.73. The van der Waals surface area contributed by atoms with Gasteiger partial charge in [0.05, 0.1) is 12.6 Å². The van der Waals surface area contributed by atoms with Crippen LogP contribution in [0.2, 0.25) is 5.02 Å². The lowest BCUT2D eigenvalue weighted by atomic mass is 10.1. The highest BCUT2D eigenvalue weighted by Gasteiger charge is 2.09. The molecule has 132 valence electrons. The lowest BCUT2D eigenvalue weighted by molar-refractivity contribution is 0.243. The molecule has 1 aliphatic rings. The molecule has 0 spiro atoms. The predicted octanol–water partition coefficient (Wildman–Crippen LogP) is 2.04. The van der Waals surface area contributed by atoms with Gasteiger partial charge in [0.2, 0.25) is 0 Å². The van der Waals surface area contributed by atoms with Gasteiger partial charge in [0.1, 0.15) is 11.3 Å². The second-order valence-electron chi connectivity index (χ2n) is 6.36. The third-order valence-corrected chi connectivity index (χ3v) is 4.64. The SMILES string of the molecule is OC1C=c2c(Cc3ccc(NCc4ccc(Cl)cc4)nc3)c[nH]c2=NC1. The Bertz CT molecular complexity index is 1010. The molecule has 0 fully saturated rings. The molecule has 1 unspecified atom stereocenters. The molecule has 2 aromatic heterocycles. The van der Waals surface area contributed by atoms with E-state index >= 15 is 0 Å². The van der Waals surface area contributed by atoms with Crippen LogP contribution in [0, 0.1) is 0 Å². The average Bonchev–Trinajstić information content (AvgIpc) is 3.04. The summed E-state index contributed by atoms with van der Waals surface area (Å²) in [6.45, 7) is 1.12. The second-order valence-corrected chi connectivity index (χ2v) is 6.80. The highest BCUT2D eigenvalue weighted by molar-refractivity contribution is 6.30. The number of rotatable bonds is 5. The van der Waals surface area contributed by atoms with Crippen molar-refractivity contribution in [3.63, 3.8) is 0 Å². The van der Waals surface area contributed by atoms with Crippen LogP contribution in [0.25, 0.3) is 6.08 Å². The van der Waals surface area contributed by atoms with E-state index in [0.717, 1.165) is 44.7 Å². The summed E-state index contributed by atoms with van der Waals surface area (Å²) >= 11 is 5.90. The highest BCUT2D eigenvalue weighted by Crippen LogP contribution is 2.12. The quantitative estimate of drug-likeness (QED) is 0.647. The van der Waals surface area contributed by atoms with Crippen LogP contribution in [-0.2, 0) is 13.0 Å². The van der Waals surface area contributed by atoms with Crippen molar-refractivity contribution < 1.29 is 5.11 Å². The van der Waals surface area contributed by atoms with Crippen molar-refractivity contribution in [2.75, 3.05) is 11.9 Å². The maximum Gasteiger partial charge on any atom is 0.132 e. The molecule has 0 amide bonds. The lowest BCUT2D eigenvalue weighted by Gasteiger charge is -2.07. The Morgan fingerprint density at radius 1 is 1.15 bits per heavy atom. The van der Waals surface area contributed by atoms with E-state index in [4.69, 9.17) is 11.6 Å². The molecule has 26 heavy (non-hydrogen) atoms. The normalized spacial score (nSPS) is 15.7. The first-order valence-corrected chi connectivity index (χ1v) is 8.89. The van der Waals surface area contributed by atoms with Crippen LogP contribution in [0.4, 0.5) is 5.82 Å². The smallest absolute Gasteiger partial charge is 0.132 e. The largest absolute Gasteiger partial charge is 0.387 e. The minimum absolute atomic E-state index is 0.419. The molecule has 6 heteroatoms. The number of nitrogens with zero attached hydrogens (tertiary/aromatic N) is 2. The molecule has 3 aromatic rings. The van der Waals surface area contributed by atoms with E-state index in [1.807, 2.05) is 48.8 Å². The number of fused-ring (bicyclic) bond motifs is 1. The van der Waals surface area contributed by atoms with Crippen LogP contribution in [-0.4, -0.2) is 27.7 Å². The minimum atomic E-state index is -0.505. The zero-order valence-corrected chi connectivity index (χ0v) is 14.9. The third-order valence-electron chi connectivity index (χ3n) is 4.39. The van der Waals surface area contributed by atoms with Crippen molar-refractivity contribution in [2.24, 2.45) is 4.99 Å². The number of aliphatic hydroxyl groups is 1. The van der Waals surface area contributed by atoms with Crippen LogP contribution in [0.5, 0.6) is 0 Å². The van der Waals surface area contributed by atoms with Crippen LogP contribution in [0.1, 0.15) is 16.7 Å². The van der Waals surface area contributed by atoms with Crippen LogP contribution in [0.15, 0.2) is 53.8 Å². The first-order valence-electron chi connectivity index (χ1n) is 8.51. The number of hydrogen-bond acceptors (Lipinski definition) is 4. The number of hydrogen-bond donors (Lipinski definition) is 3. The maximum atomic E-state index is 9.78. The van der Waals surface area contributed by atoms with Crippen molar-refractivity contribution in [3.8, 4) is 0 Å². The van der Waals surface area contributed by atoms with Gasteiger partial charge in [0.15, 0.2) is 0 Å². The van der Waals surface area contributed by atoms with Gasteiger partial charge in [0, 0.05) is 35.6 Å². The van der Waals surface area contributed by atoms with Gasteiger partial charge in [-0.3, -0.25) is 4.99 Å². The van der Waals surface area contributed by atoms with Gasteiger partial charge in [-0.1, -0.05) is 29.8 Å². The zero-order valence-electron chi connectivity index (χ0n) is 14.1. The Balaban J connectivity index is 1.43.